The second kappa shape index (κ2) is 5.56. The van der Waals surface area contributed by atoms with Gasteiger partial charge in [0.2, 0.25) is 0 Å². The van der Waals surface area contributed by atoms with E-state index in [-0.39, 0.29) is 5.69 Å². The highest BCUT2D eigenvalue weighted by Gasteiger charge is 2.10. The molecule has 0 fully saturated rings. The number of ether oxygens (including phenoxy) is 1. The average Bonchev–Trinajstić information content (AvgIpc) is 2.40. The summed E-state index contributed by atoms with van der Waals surface area (Å²) in [5.74, 6) is -1.35. The van der Waals surface area contributed by atoms with Crippen molar-refractivity contribution in [2.45, 2.75) is 6.92 Å². The van der Waals surface area contributed by atoms with Crippen molar-refractivity contribution < 1.29 is 13.5 Å². The molecule has 0 aromatic heterocycles. The van der Waals surface area contributed by atoms with Crippen LogP contribution in [0.25, 0.3) is 0 Å². The number of para-hydroxylation sites is 1. The van der Waals surface area contributed by atoms with Gasteiger partial charge < -0.3 is 15.8 Å². The monoisotopic (exact) mass is 264 g/mol. The van der Waals surface area contributed by atoms with Gasteiger partial charge in [0.1, 0.15) is 5.75 Å². The molecule has 100 valence electrons. The first-order valence-electron chi connectivity index (χ1n) is 5.85. The van der Waals surface area contributed by atoms with E-state index in [0.29, 0.717) is 23.7 Å². The summed E-state index contributed by atoms with van der Waals surface area (Å²) in [6.07, 6.45) is 0. The minimum Gasteiger partial charge on any atom is -0.492 e. The lowest BCUT2D eigenvalue weighted by molar-refractivity contribution is 0.342. The molecule has 0 radical (unpaired) electrons. The Kier molecular flexibility index (Phi) is 3.85. The Bertz CT molecular complexity index is 588. The summed E-state index contributed by atoms with van der Waals surface area (Å²) in [5.41, 5.74) is 6.75. The Hall–Kier alpha value is -2.30. The highest BCUT2D eigenvalue weighted by molar-refractivity contribution is 5.77. The predicted octanol–water partition coefficient (Wildman–Crippen LogP) is 3.69. The number of hydrogen-bond acceptors (Lipinski definition) is 3. The zero-order chi connectivity index (χ0) is 13.8. The molecule has 0 spiro atoms. The van der Waals surface area contributed by atoms with E-state index in [1.165, 1.54) is 12.1 Å². The van der Waals surface area contributed by atoms with Gasteiger partial charge in [-0.3, -0.25) is 0 Å². The molecule has 0 aliphatic heterocycles. The van der Waals surface area contributed by atoms with Gasteiger partial charge in [-0.1, -0.05) is 12.1 Å². The van der Waals surface area contributed by atoms with Crippen LogP contribution in [0, 0.1) is 11.6 Å². The third kappa shape index (κ3) is 2.76. The Morgan fingerprint density at radius 1 is 1.11 bits per heavy atom. The van der Waals surface area contributed by atoms with Crippen LogP contribution >= 0.6 is 0 Å². The molecule has 3 N–H and O–H groups in total. The molecular formula is C14H14F2N2O. The second-order valence-electron chi connectivity index (χ2n) is 3.88. The highest BCUT2D eigenvalue weighted by Crippen LogP contribution is 2.32. The lowest BCUT2D eigenvalue weighted by atomic mass is 10.2. The van der Waals surface area contributed by atoms with Crippen molar-refractivity contribution in [1.29, 1.82) is 0 Å². The first-order valence-corrected chi connectivity index (χ1v) is 5.85. The van der Waals surface area contributed by atoms with E-state index in [1.54, 1.807) is 18.2 Å². The van der Waals surface area contributed by atoms with Gasteiger partial charge in [-0.15, -0.1) is 0 Å². The smallest absolute Gasteiger partial charge is 0.182 e. The molecule has 0 atom stereocenters. The summed E-state index contributed by atoms with van der Waals surface area (Å²) in [4.78, 5) is 0. The molecule has 5 heteroatoms. The SMILES string of the molecule is CCOc1cccc(Nc2cccc(F)c2F)c1N. The minimum atomic E-state index is -0.941. The molecule has 2 aromatic carbocycles. The molecule has 0 heterocycles. The molecular weight excluding hydrogens is 250 g/mol. The number of nitrogen functional groups attached to an aromatic ring is 1. The number of nitrogens with one attached hydrogen (secondary N) is 1. The molecule has 19 heavy (non-hydrogen) atoms. The summed E-state index contributed by atoms with van der Waals surface area (Å²) >= 11 is 0. The molecule has 0 bridgehead atoms. The van der Waals surface area contributed by atoms with E-state index in [2.05, 4.69) is 5.32 Å². The molecule has 2 rings (SSSR count). The molecule has 0 saturated heterocycles. The average molecular weight is 264 g/mol. The molecule has 2 aromatic rings. The lowest BCUT2D eigenvalue weighted by Gasteiger charge is -2.13. The van der Waals surface area contributed by atoms with Gasteiger partial charge in [0.05, 0.1) is 23.7 Å². The van der Waals surface area contributed by atoms with Crippen molar-refractivity contribution >= 4 is 17.1 Å². The van der Waals surface area contributed by atoms with Gasteiger partial charge in [-0.2, -0.15) is 0 Å². The van der Waals surface area contributed by atoms with Crippen LogP contribution in [0.4, 0.5) is 25.8 Å². The van der Waals surface area contributed by atoms with Crippen LogP contribution < -0.4 is 15.8 Å². The molecule has 0 amide bonds. The van der Waals surface area contributed by atoms with Crippen LogP contribution in [0.2, 0.25) is 0 Å². The summed E-state index contributed by atoms with van der Waals surface area (Å²) in [5, 5.41) is 2.76. The fraction of sp³-hybridized carbons (Fsp3) is 0.143. The van der Waals surface area contributed by atoms with Gasteiger partial charge >= 0.3 is 0 Å². The quantitative estimate of drug-likeness (QED) is 0.828. The Morgan fingerprint density at radius 2 is 1.79 bits per heavy atom. The summed E-state index contributed by atoms with van der Waals surface area (Å²) in [7, 11) is 0. The van der Waals surface area contributed by atoms with Crippen LogP contribution in [0.5, 0.6) is 5.75 Å². The molecule has 0 unspecified atom stereocenters. The van der Waals surface area contributed by atoms with Gasteiger partial charge in [0.25, 0.3) is 0 Å². The fourth-order valence-electron chi connectivity index (χ4n) is 1.68. The van der Waals surface area contributed by atoms with E-state index >= 15 is 0 Å². The van der Waals surface area contributed by atoms with Crippen molar-refractivity contribution in [1.82, 2.24) is 0 Å². The number of halogens is 2. The van der Waals surface area contributed by atoms with E-state index < -0.39 is 11.6 Å². The zero-order valence-electron chi connectivity index (χ0n) is 10.4. The van der Waals surface area contributed by atoms with Crippen LogP contribution in [0.1, 0.15) is 6.92 Å². The fourth-order valence-corrected chi connectivity index (χ4v) is 1.68. The number of benzene rings is 2. The van der Waals surface area contributed by atoms with Crippen molar-refractivity contribution in [3.8, 4) is 5.75 Å². The Morgan fingerprint density at radius 3 is 2.53 bits per heavy atom. The maximum absolute atomic E-state index is 13.6. The topological polar surface area (TPSA) is 47.3 Å². The molecule has 0 saturated carbocycles. The largest absolute Gasteiger partial charge is 0.492 e. The molecule has 3 nitrogen and oxygen atoms in total. The normalized spacial score (nSPS) is 10.3. The van der Waals surface area contributed by atoms with E-state index in [0.717, 1.165) is 6.07 Å². The first kappa shape index (κ1) is 13.1. The standard InChI is InChI=1S/C14H14F2N2O/c1-2-19-12-8-4-7-11(14(12)17)18-10-6-3-5-9(15)13(10)16/h3-8,18H,2,17H2,1H3. The summed E-state index contributed by atoms with van der Waals surface area (Å²) < 4.78 is 32.0. The van der Waals surface area contributed by atoms with E-state index in [1.807, 2.05) is 6.92 Å². The van der Waals surface area contributed by atoms with Crippen LogP contribution in [0.3, 0.4) is 0 Å². The van der Waals surface area contributed by atoms with Crippen LogP contribution in [-0.2, 0) is 0 Å². The number of rotatable bonds is 4. The Labute approximate surface area is 110 Å². The van der Waals surface area contributed by atoms with Gasteiger partial charge in [-0.25, -0.2) is 8.78 Å². The maximum atomic E-state index is 13.6. The highest BCUT2D eigenvalue weighted by atomic mass is 19.2. The van der Waals surface area contributed by atoms with Crippen LogP contribution in [0.15, 0.2) is 36.4 Å². The van der Waals surface area contributed by atoms with E-state index in [4.69, 9.17) is 10.5 Å². The zero-order valence-corrected chi connectivity index (χ0v) is 10.4. The predicted molar refractivity (Wildman–Crippen MR) is 71.7 cm³/mol. The molecule has 0 aliphatic rings. The molecule has 0 aliphatic carbocycles. The van der Waals surface area contributed by atoms with Crippen molar-refractivity contribution in [3.63, 3.8) is 0 Å². The third-order valence-corrected chi connectivity index (χ3v) is 2.59. The third-order valence-electron chi connectivity index (χ3n) is 2.59. The van der Waals surface area contributed by atoms with Gasteiger partial charge in [-0.05, 0) is 31.2 Å². The first-order chi connectivity index (χ1) is 9.13. The second-order valence-corrected chi connectivity index (χ2v) is 3.88. The van der Waals surface area contributed by atoms with Crippen LogP contribution in [-0.4, -0.2) is 6.61 Å². The summed E-state index contributed by atoms with van der Waals surface area (Å²) in [6, 6.07) is 9.02. The van der Waals surface area contributed by atoms with Gasteiger partial charge in [0, 0.05) is 0 Å². The van der Waals surface area contributed by atoms with Crippen molar-refractivity contribution in [3.05, 3.63) is 48.0 Å². The maximum Gasteiger partial charge on any atom is 0.182 e. The number of hydrogen-bond donors (Lipinski definition) is 2. The van der Waals surface area contributed by atoms with Gasteiger partial charge in [0.15, 0.2) is 11.6 Å². The Balaban J connectivity index is 2.33. The van der Waals surface area contributed by atoms with Crippen molar-refractivity contribution in [2.24, 2.45) is 0 Å². The minimum absolute atomic E-state index is 0.0281. The van der Waals surface area contributed by atoms with E-state index in [9.17, 15) is 8.78 Å². The number of nitrogens with two attached hydrogens (primary N) is 1. The lowest BCUT2D eigenvalue weighted by Crippen LogP contribution is -2.02. The number of anilines is 3. The van der Waals surface area contributed by atoms with Crippen molar-refractivity contribution in [2.75, 3.05) is 17.7 Å². The summed E-state index contributed by atoms with van der Waals surface area (Å²) in [6.45, 7) is 2.31.